The molecule has 2 N–H and O–H groups in total. The molecule has 1 heterocycles. The van der Waals surface area contributed by atoms with Gasteiger partial charge in [-0.3, -0.25) is 9.59 Å². The van der Waals surface area contributed by atoms with E-state index in [1.54, 1.807) is 13.0 Å². The Morgan fingerprint density at radius 2 is 1.77 bits per heavy atom. The van der Waals surface area contributed by atoms with Gasteiger partial charge in [0.15, 0.2) is 5.82 Å². The number of aromatic nitrogens is 1. The van der Waals surface area contributed by atoms with Gasteiger partial charge in [0.05, 0.1) is 11.5 Å². The Hall–Kier alpha value is -2.28. The molecule has 0 fully saturated rings. The molecule has 0 atom stereocenters. The third kappa shape index (κ3) is 7.31. The molecule has 0 spiro atoms. The second-order valence-corrected chi connectivity index (χ2v) is 7.05. The van der Waals surface area contributed by atoms with Gasteiger partial charge >= 0.3 is 0 Å². The van der Waals surface area contributed by atoms with E-state index in [1.807, 2.05) is 24.3 Å². The van der Waals surface area contributed by atoms with E-state index in [0.29, 0.717) is 11.6 Å². The number of rotatable bonds is 10. The molecule has 1 aromatic heterocycles. The normalized spacial score (nSPS) is 10.5. The summed E-state index contributed by atoms with van der Waals surface area (Å²) in [5, 5.41) is 9.15. The maximum atomic E-state index is 12.0. The molecule has 7 heteroatoms. The summed E-state index contributed by atoms with van der Waals surface area (Å²) < 4.78 is 4.87. The smallest absolute Gasteiger partial charge is 0.235 e. The highest BCUT2D eigenvalue weighted by Crippen LogP contribution is 2.13. The van der Waals surface area contributed by atoms with E-state index < -0.39 is 0 Å². The maximum absolute atomic E-state index is 12.0. The number of unbranched alkanes of at least 4 members (excludes halogenated alkanes) is 2. The van der Waals surface area contributed by atoms with Crippen LogP contribution in [0.15, 0.2) is 34.9 Å². The van der Waals surface area contributed by atoms with Crippen LogP contribution in [-0.4, -0.2) is 28.5 Å². The Kier molecular flexibility index (Phi) is 8.21. The van der Waals surface area contributed by atoms with Crippen LogP contribution in [0.3, 0.4) is 0 Å². The third-order valence-electron chi connectivity index (χ3n) is 3.67. The number of carbonyl (C=O) groups excluding carboxylic acids is 2. The van der Waals surface area contributed by atoms with Gasteiger partial charge in [-0.2, -0.15) is 0 Å². The number of carbonyl (C=O) groups is 2. The minimum Gasteiger partial charge on any atom is -0.360 e. The highest BCUT2D eigenvalue weighted by atomic mass is 32.2. The van der Waals surface area contributed by atoms with E-state index in [-0.39, 0.29) is 23.3 Å². The van der Waals surface area contributed by atoms with Crippen molar-refractivity contribution in [2.24, 2.45) is 0 Å². The van der Waals surface area contributed by atoms with Gasteiger partial charge in [0.1, 0.15) is 5.76 Å². The van der Waals surface area contributed by atoms with Crippen LogP contribution in [0.5, 0.6) is 0 Å². The lowest BCUT2D eigenvalue weighted by Gasteiger charge is -2.07. The molecule has 2 amide bonds. The summed E-state index contributed by atoms with van der Waals surface area (Å²) in [7, 11) is 0. The van der Waals surface area contributed by atoms with Crippen molar-refractivity contribution in [1.29, 1.82) is 0 Å². The van der Waals surface area contributed by atoms with Crippen LogP contribution in [0.25, 0.3) is 0 Å². The van der Waals surface area contributed by atoms with Crippen molar-refractivity contribution in [3.8, 4) is 0 Å². The number of hydrogen-bond acceptors (Lipinski definition) is 5. The second kappa shape index (κ2) is 10.7. The topological polar surface area (TPSA) is 84.2 Å². The average molecular weight is 375 g/mol. The van der Waals surface area contributed by atoms with Crippen molar-refractivity contribution in [2.75, 3.05) is 22.1 Å². The van der Waals surface area contributed by atoms with Crippen LogP contribution >= 0.6 is 11.8 Å². The minimum atomic E-state index is -0.215. The van der Waals surface area contributed by atoms with E-state index in [0.717, 1.165) is 12.1 Å². The largest absolute Gasteiger partial charge is 0.360 e. The molecule has 26 heavy (non-hydrogen) atoms. The quantitative estimate of drug-likeness (QED) is 0.613. The molecule has 0 saturated heterocycles. The molecular weight excluding hydrogens is 350 g/mol. The fraction of sp³-hybridized carbons (Fsp3) is 0.421. The standard InChI is InChI=1S/C19H25N3O3S/c1-3-4-5-6-15-7-9-16(10-8-15)20-18(23)12-26-13-19(24)21-17-11-14(2)25-22-17/h7-11H,3-6,12-13H2,1-2H3,(H,20,23)(H,21,22,24). The molecule has 1 aromatic carbocycles. The van der Waals surface area contributed by atoms with Crippen molar-refractivity contribution in [1.82, 2.24) is 5.16 Å². The number of anilines is 2. The molecule has 0 unspecified atom stereocenters. The average Bonchev–Trinajstić information content (AvgIpc) is 3.01. The third-order valence-corrected chi connectivity index (χ3v) is 4.60. The van der Waals surface area contributed by atoms with Gasteiger partial charge in [0.25, 0.3) is 0 Å². The Morgan fingerprint density at radius 3 is 2.38 bits per heavy atom. The summed E-state index contributed by atoms with van der Waals surface area (Å²) >= 11 is 1.25. The Bertz CT molecular complexity index is 713. The predicted molar refractivity (Wildman–Crippen MR) is 105 cm³/mol. The molecule has 0 aliphatic heterocycles. The number of nitrogens with one attached hydrogen (secondary N) is 2. The van der Waals surface area contributed by atoms with Crippen LogP contribution < -0.4 is 10.6 Å². The fourth-order valence-corrected chi connectivity index (χ4v) is 2.99. The SMILES string of the molecule is CCCCCc1ccc(NC(=O)CSCC(=O)Nc2cc(C)on2)cc1. The fourth-order valence-electron chi connectivity index (χ4n) is 2.37. The van der Waals surface area contributed by atoms with Gasteiger partial charge in [-0.1, -0.05) is 37.1 Å². The van der Waals surface area contributed by atoms with E-state index >= 15 is 0 Å². The number of aryl methyl sites for hydroxylation is 2. The van der Waals surface area contributed by atoms with Crippen molar-refractivity contribution >= 4 is 35.1 Å². The molecule has 0 bridgehead atoms. The number of nitrogens with zero attached hydrogens (tertiary/aromatic N) is 1. The molecule has 6 nitrogen and oxygen atoms in total. The molecule has 2 aromatic rings. The maximum Gasteiger partial charge on any atom is 0.235 e. The van der Waals surface area contributed by atoms with Gasteiger partial charge in [-0.05, 0) is 37.5 Å². The zero-order chi connectivity index (χ0) is 18.8. The molecule has 0 saturated carbocycles. The summed E-state index contributed by atoms with van der Waals surface area (Å²) in [5.41, 5.74) is 2.06. The van der Waals surface area contributed by atoms with Gasteiger partial charge in [0.2, 0.25) is 11.8 Å². The lowest BCUT2D eigenvalue weighted by Crippen LogP contribution is -2.18. The Labute approximate surface area is 158 Å². The van der Waals surface area contributed by atoms with Gasteiger partial charge in [-0.25, -0.2) is 0 Å². The first-order valence-corrected chi connectivity index (χ1v) is 9.92. The summed E-state index contributed by atoms with van der Waals surface area (Å²) in [5.74, 6) is 1.06. The summed E-state index contributed by atoms with van der Waals surface area (Å²) in [6.45, 7) is 3.94. The van der Waals surface area contributed by atoms with Crippen molar-refractivity contribution in [3.05, 3.63) is 41.7 Å². The number of hydrogen-bond donors (Lipinski definition) is 2. The van der Waals surface area contributed by atoms with Crippen LogP contribution in [0.1, 0.15) is 37.5 Å². The lowest BCUT2D eigenvalue weighted by atomic mass is 10.1. The van der Waals surface area contributed by atoms with Gasteiger partial charge in [0, 0.05) is 11.8 Å². The summed E-state index contributed by atoms with van der Waals surface area (Å²) in [6.07, 6.45) is 4.70. The first-order chi connectivity index (χ1) is 12.6. The highest BCUT2D eigenvalue weighted by molar-refractivity contribution is 8.00. The van der Waals surface area contributed by atoms with Crippen molar-refractivity contribution < 1.29 is 14.1 Å². The molecule has 140 valence electrons. The van der Waals surface area contributed by atoms with Gasteiger partial charge < -0.3 is 15.2 Å². The summed E-state index contributed by atoms with van der Waals surface area (Å²) in [6, 6.07) is 9.58. The molecule has 0 radical (unpaired) electrons. The van der Waals surface area contributed by atoms with Crippen molar-refractivity contribution in [2.45, 2.75) is 39.5 Å². The predicted octanol–water partition coefficient (Wildman–Crippen LogP) is 4.03. The highest BCUT2D eigenvalue weighted by Gasteiger charge is 2.08. The monoisotopic (exact) mass is 375 g/mol. The molecular formula is C19H25N3O3S. The van der Waals surface area contributed by atoms with Gasteiger partial charge in [-0.15, -0.1) is 11.8 Å². The second-order valence-electron chi connectivity index (χ2n) is 6.07. The van der Waals surface area contributed by atoms with E-state index in [1.165, 1.54) is 36.6 Å². The van der Waals surface area contributed by atoms with E-state index in [2.05, 4.69) is 22.7 Å². The zero-order valence-corrected chi connectivity index (χ0v) is 16.0. The molecule has 0 aliphatic rings. The molecule has 2 rings (SSSR count). The van der Waals surface area contributed by atoms with E-state index in [4.69, 9.17) is 4.52 Å². The minimum absolute atomic E-state index is 0.126. The Balaban J connectivity index is 1.65. The van der Waals surface area contributed by atoms with Crippen LogP contribution in [0.2, 0.25) is 0 Å². The van der Waals surface area contributed by atoms with Crippen LogP contribution in [0, 0.1) is 6.92 Å². The first kappa shape index (κ1) is 20.0. The summed E-state index contributed by atoms with van der Waals surface area (Å²) in [4.78, 5) is 23.7. The van der Waals surface area contributed by atoms with Crippen molar-refractivity contribution in [3.63, 3.8) is 0 Å². The van der Waals surface area contributed by atoms with Crippen LogP contribution in [-0.2, 0) is 16.0 Å². The Morgan fingerprint density at radius 1 is 1.08 bits per heavy atom. The van der Waals surface area contributed by atoms with Crippen LogP contribution in [0.4, 0.5) is 11.5 Å². The zero-order valence-electron chi connectivity index (χ0n) is 15.2. The molecule has 0 aliphatic carbocycles. The number of amides is 2. The number of thioether (sulfide) groups is 1. The lowest BCUT2D eigenvalue weighted by molar-refractivity contribution is -0.114. The first-order valence-electron chi connectivity index (χ1n) is 8.76. The van der Waals surface area contributed by atoms with E-state index in [9.17, 15) is 9.59 Å². The number of benzene rings is 1.